The van der Waals surface area contributed by atoms with E-state index in [0.29, 0.717) is 5.65 Å². The Morgan fingerprint density at radius 1 is 1.35 bits per heavy atom. The smallest absolute Gasteiger partial charge is 0.423 e. The van der Waals surface area contributed by atoms with Crippen molar-refractivity contribution in [3.05, 3.63) is 24.2 Å². The lowest BCUT2D eigenvalue weighted by Gasteiger charge is -2.00. The summed E-state index contributed by atoms with van der Waals surface area (Å²) < 4.78 is 1.30. The molecule has 90 valence electrons. The van der Waals surface area contributed by atoms with Gasteiger partial charge in [0.05, 0.1) is 0 Å². The third-order valence-electron chi connectivity index (χ3n) is 1.94. The monoisotopic (exact) mass is 236 g/mol. The molecule has 1 amide bonds. The minimum Gasteiger partial charge on any atom is -0.423 e. The third kappa shape index (κ3) is 2.60. The van der Waals surface area contributed by atoms with E-state index in [0.717, 1.165) is 0 Å². The Morgan fingerprint density at radius 3 is 2.53 bits per heavy atom. The topological polar surface area (TPSA) is 114 Å². The number of hydrogen-bond donors (Lipinski definition) is 3. The van der Waals surface area contributed by atoms with Gasteiger partial charge in [-0.3, -0.25) is 9.20 Å². The molecule has 0 atom stereocenters. The maximum Gasteiger partial charge on any atom is 0.489 e. The number of rotatable bonds is 2. The molecule has 0 aliphatic heterocycles. The lowest BCUT2D eigenvalue weighted by Crippen LogP contribution is -2.31. The fourth-order valence-electron chi connectivity index (χ4n) is 1.23. The molecule has 0 saturated heterocycles. The number of carbonyl (C=O) groups is 1. The number of hydrogen-bond acceptors (Lipinski definition) is 5. The van der Waals surface area contributed by atoms with Gasteiger partial charge in [-0.2, -0.15) is 0 Å². The van der Waals surface area contributed by atoms with Crippen molar-refractivity contribution in [2.24, 2.45) is 5.73 Å². The van der Waals surface area contributed by atoms with Gasteiger partial charge in [0.15, 0.2) is 5.65 Å². The third-order valence-corrected chi connectivity index (χ3v) is 1.94. The van der Waals surface area contributed by atoms with Crippen LogP contribution in [0.15, 0.2) is 18.3 Å². The highest BCUT2D eigenvalue weighted by molar-refractivity contribution is 6.58. The van der Waals surface area contributed by atoms with Crippen LogP contribution in [0.5, 0.6) is 0 Å². The van der Waals surface area contributed by atoms with Crippen LogP contribution in [0, 0.1) is 0 Å². The largest absolute Gasteiger partial charge is 0.489 e. The Hall–Kier alpha value is -1.93. The van der Waals surface area contributed by atoms with Gasteiger partial charge < -0.3 is 15.8 Å². The summed E-state index contributed by atoms with van der Waals surface area (Å²) in [5.41, 5.74) is 5.70. The van der Waals surface area contributed by atoms with Gasteiger partial charge in [-0.05, 0) is 11.5 Å². The molecule has 8 heteroatoms. The minimum absolute atomic E-state index is 0.0486. The molecule has 0 aliphatic carbocycles. The van der Waals surface area contributed by atoms with E-state index in [1.165, 1.54) is 22.7 Å². The predicted octanol–water partition coefficient (Wildman–Crippen LogP) is -1.47. The van der Waals surface area contributed by atoms with Gasteiger partial charge >= 0.3 is 7.12 Å². The second kappa shape index (κ2) is 5.42. The quantitative estimate of drug-likeness (QED) is 0.551. The van der Waals surface area contributed by atoms with Crippen LogP contribution in [0.25, 0.3) is 5.65 Å². The first-order valence-electron chi connectivity index (χ1n) is 5.10. The lowest BCUT2D eigenvalue weighted by atomic mass is 9.82. The molecule has 0 radical (unpaired) electrons. The van der Waals surface area contributed by atoms with Gasteiger partial charge in [0.2, 0.25) is 5.82 Å². The van der Waals surface area contributed by atoms with E-state index in [1.54, 1.807) is 0 Å². The highest BCUT2D eigenvalue weighted by atomic mass is 16.4. The molecule has 0 saturated carbocycles. The van der Waals surface area contributed by atoms with Crippen LogP contribution in [0.1, 0.15) is 24.5 Å². The van der Waals surface area contributed by atoms with Crippen molar-refractivity contribution in [3.8, 4) is 0 Å². The second-order valence-corrected chi connectivity index (χ2v) is 2.95. The fraction of sp³-hybridized carbons (Fsp3) is 0.222. The van der Waals surface area contributed by atoms with Crippen LogP contribution in [0.3, 0.4) is 0 Å². The Kier molecular flexibility index (Phi) is 4.19. The van der Waals surface area contributed by atoms with Crippen molar-refractivity contribution in [1.82, 2.24) is 14.6 Å². The predicted molar refractivity (Wildman–Crippen MR) is 62.7 cm³/mol. The Labute approximate surface area is 98.0 Å². The second-order valence-electron chi connectivity index (χ2n) is 2.95. The first-order chi connectivity index (χ1) is 8.09. The SMILES string of the molecule is CC.NC(=O)c1nnc2ccc(B(O)O)cn12. The molecule has 4 N–H and O–H groups in total. The summed E-state index contributed by atoms with van der Waals surface area (Å²) in [6, 6.07) is 2.98. The van der Waals surface area contributed by atoms with Gasteiger partial charge in [-0.25, -0.2) is 0 Å². The molecular formula is C9H13BN4O3. The summed E-state index contributed by atoms with van der Waals surface area (Å²) in [7, 11) is -1.61. The zero-order valence-electron chi connectivity index (χ0n) is 9.53. The van der Waals surface area contributed by atoms with Crippen LogP contribution < -0.4 is 11.2 Å². The zero-order valence-corrected chi connectivity index (χ0v) is 9.53. The van der Waals surface area contributed by atoms with E-state index in [1.807, 2.05) is 13.8 Å². The molecule has 2 aromatic heterocycles. The average molecular weight is 236 g/mol. The summed E-state index contributed by atoms with van der Waals surface area (Å²) >= 11 is 0. The number of aromatic nitrogens is 3. The van der Waals surface area contributed by atoms with Crippen molar-refractivity contribution in [2.45, 2.75) is 13.8 Å². The molecule has 2 aromatic rings. The first-order valence-corrected chi connectivity index (χ1v) is 5.10. The molecule has 2 rings (SSSR count). The standard InChI is InChI=1S/C7H7BN4O3.C2H6/c9-6(13)7-11-10-5-2-1-4(8(14)15)3-12(5)7;1-2/h1-3,14-15H,(H2,9,13);1-2H3. The fourth-order valence-corrected chi connectivity index (χ4v) is 1.23. The molecule has 0 bridgehead atoms. The Morgan fingerprint density at radius 2 is 2.00 bits per heavy atom. The summed E-state index contributed by atoms with van der Waals surface area (Å²) in [6.07, 6.45) is 1.35. The summed E-state index contributed by atoms with van der Waals surface area (Å²) in [5, 5.41) is 25.1. The molecule has 17 heavy (non-hydrogen) atoms. The van der Waals surface area contributed by atoms with Gasteiger partial charge in [0.25, 0.3) is 5.91 Å². The number of carbonyl (C=O) groups excluding carboxylic acids is 1. The van der Waals surface area contributed by atoms with Gasteiger partial charge in [-0.15, -0.1) is 10.2 Å². The van der Waals surface area contributed by atoms with Crippen LogP contribution in [-0.2, 0) is 0 Å². The molecule has 0 aliphatic rings. The number of nitrogens with zero attached hydrogens (tertiary/aromatic N) is 3. The summed E-state index contributed by atoms with van der Waals surface area (Å²) in [4.78, 5) is 10.9. The maximum absolute atomic E-state index is 10.9. The number of primary amides is 1. The van der Waals surface area contributed by atoms with Gasteiger partial charge in [0, 0.05) is 6.20 Å². The van der Waals surface area contributed by atoms with E-state index in [2.05, 4.69) is 10.2 Å². The molecule has 0 spiro atoms. The van der Waals surface area contributed by atoms with Crippen molar-refractivity contribution in [2.75, 3.05) is 0 Å². The van der Waals surface area contributed by atoms with Gasteiger partial charge in [-0.1, -0.05) is 19.9 Å². The van der Waals surface area contributed by atoms with Crippen molar-refractivity contribution < 1.29 is 14.8 Å². The van der Waals surface area contributed by atoms with Crippen molar-refractivity contribution in [3.63, 3.8) is 0 Å². The minimum atomic E-state index is -1.61. The van der Waals surface area contributed by atoms with Gasteiger partial charge in [0.1, 0.15) is 0 Å². The Balaban J connectivity index is 0.000000686. The number of pyridine rings is 1. The van der Waals surface area contributed by atoms with Crippen LogP contribution >= 0.6 is 0 Å². The van der Waals surface area contributed by atoms with E-state index in [-0.39, 0.29) is 11.3 Å². The van der Waals surface area contributed by atoms with Crippen molar-refractivity contribution in [1.29, 1.82) is 0 Å². The molecule has 0 aromatic carbocycles. The maximum atomic E-state index is 10.9. The number of nitrogens with two attached hydrogens (primary N) is 1. The normalized spacial score (nSPS) is 9.65. The number of amides is 1. The van der Waals surface area contributed by atoms with E-state index in [4.69, 9.17) is 15.8 Å². The van der Waals surface area contributed by atoms with Crippen LogP contribution in [0.4, 0.5) is 0 Å². The zero-order chi connectivity index (χ0) is 13.0. The first kappa shape index (κ1) is 13.1. The van der Waals surface area contributed by atoms with E-state index >= 15 is 0 Å². The molecule has 0 unspecified atom stereocenters. The van der Waals surface area contributed by atoms with Crippen LogP contribution in [0.2, 0.25) is 0 Å². The highest BCUT2D eigenvalue weighted by Gasteiger charge is 2.15. The van der Waals surface area contributed by atoms with Crippen LogP contribution in [-0.4, -0.2) is 37.7 Å². The molecule has 0 fully saturated rings. The Bertz CT molecular complexity index is 526. The molecule has 2 heterocycles. The summed E-state index contributed by atoms with van der Waals surface area (Å²) in [6.45, 7) is 4.00. The molecule has 7 nitrogen and oxygen atoms in total. The molecular weight excluding hydrogens is 223 g/mol. The highest BCUT2D eigenvalue weighted by Crippen LogP contribution is 2.00. The summed E-state index contributed by atoms with van der Waals surface area (Å²) in [5.74, 6) is -0.778. The van der Waals surface area contributed by atoms with E-state index in [9.17, 15) is 4.79 Å². The lowest BCUT2D eigenvalue weighted by molar-refractivity contribution is 0.0989. The van der Waals surface area contributed by atoms with Crippen molar-refractivity contribution >= 4 is 24.1 Å². The number of fused-ring (bicyclic) bond motifs is 1. The van der Waals surface area contributed by atoms with E-state index < -0.39 is 13.0 Å². The average Bonchev–Trinajstić information content (AvgIpc) is 2.74.